The van der Waals surface area contributed by atoms with E-state index in [9.17, 15) is 0 Å². The molecule has 3 heterocycles. The lowest BCUT2D eigenvalue weighted by Crippen LogP contribution is -2.65. The van der Waals surface area contributed by atoms with Crippen LogP contribution in [0.1, 0.15) is 148 Å². The maximum atomic E-state index is 2.96. The Hall–Kier alpha value is -6.32. The summed E-state index contributed by atoms with van der Waals surface area (Å²) >= 11 is 0. The fourth-order valence-corrected chi connectivity index (χ4v) is 15.5. The van der Waals surface area contributed by atoms with Gasteiger partial charge < -0.3 is 9.71 Å². The highest BCUT2D eigenvalue weighted by Crippen LogP contribution is 2.65. The van der Waals surface area contributed by atoms with Crippen molar-refractivity contribution in [3.8, 4) is 44.5 Å². The topological polar surface area (TPSA) is 6.48 Å². The monoisotopic (exact) mass is 937 g/mol. The minimum Gasteiger partial charge on any atom is -0.376 e. The summed E-state index contributed by atoms with van der Waals surface area (Å²) in [6, 6.07) is 57.5. The van der Waals surface area contributed by atoms with Crippen LogP contribution < -0.4 is 20.6 Å². The lowest BCUT2D eigenvalue weighted by atomic mass is 9.42. The predicted molar refractivity (Wildman–Crippen MR) is 308 cm³/mol. The normalized spacial score (nSPS) is 22.1. The van der Waals surface area contributed by atoms with Crippen molar-refractivity contribution in [3.63, 3.8) is 0 Å². The van der Waals surface area contributed by atoms with E-state index in [0.29, 0.717) is 0 Å². The van der Waals surface area contributed by atoms with Crippen LogP contribution in [0.5, 0.6) is 0 Å². The van der Waals surface area contributed by atoms with Gasteiger partial charge in [0, 0.05) is 50.1 Å². The number of fused-ring (bicyclic) bond motifs is 14. The Morgan fingerprint density at radius 3 is 1.85 bits per heavy atom. The molecule has 1 fully saturated rings. The van der Waals surface area contributed by atoms with Crippen LogP contribution in [0.3, 0.4) is 0 Å². The van der Waals surface area contributed by atoms with E-state index in [-0.39, 0.29) is 39.5 Å². The molecule has 0 radical (unpaired) electrons. The molecule has 8 aromatic rings. The molecule has 72 heavy (non-hydrogen) atoms. The Morgan fingerprint density at radius 1 is 0.472 bits per heavy atom. The summed E-state index contributed by atoms with van der Waals surface area (Å²) in [5.41, 5.74) is 27.8. The van der Waals surface area contributed by atoms with Gasteiger partial charge in [-0.1, -0.05) is 197 Å². The summed E-state index contributed by atoms with van der Waals surface area (Å²) in [6.45, 7) is 27.5. The largest absolute Gasteiger partial charge is 0.376 e. The molecule has 6 aliphatic rings. The van der Waals surface area contributed by atoms with Gasteiger partial charge in [0.25, 0.3) is 0 Å². The van der Waals surface area contributed by atoms with Gasteiger partial charge >= 0.3 is 6.85 Å². The first kappa shape index (κ1) is 44.4. The molecule has 14 rings (SSSR count). The molecular weight excluding hydrogens is 868 g/mol. The molecule has 8 aromatic carbocycles. The van der Waals surface area contributed by atoms with E-state index in [2.05, 4.69) is 231 Å². The fourth-order valence-electron chi connectivity index (χ4n) is 15.5. The van der Waals surface area contributed by atoms with Gasteiger partial charge in [0.2, 0.25) is 0 Å². The quantitative estimate of drug-likeness (QED) is 0.163. The lowest BCUT2D eigenvalue weighted by Gasteiger charge is -2.53. The molecule has 3 aliphatic carbocycles. The maximum Gasteiger partial charge on any atom is 0.333 e. The third kappa shape index (κ3) is 5.69. The van der Waals surface area contributed by atoms with Crippen LogP contribution in [-0.4, -0.2) is 12.4 Å². The Bertz CT molecular complexity index is 3650. The van der Waals surface area contributed by atoms with E-state index >= 15 is 0 Å². The van der Waals surface area contributed by atoms with Gasteiger partial charge in [-0.05, 0) is 162 Å². The number of anilines is 4. The number of benzene rings is 8. The average Bonchev–Trinajstić information content (AvgIpc) is 3.73. The molecule has 2 nitrogen and oxygen atoms in total. The van der Waals surface area contributed by atoms with Gasteiger partial charge in [-0.2, -0.15) is 0 Å². The molecule has 0 N–H and O–H groups in total. The van der Waals surface area contributed by atoms with Crippen molar-refractivity contribution in [1.29, 1.82) is 0 Å². The zero-order chi connectivity index (χ0) is 49.6. The molecule has 3 aliphatic heterocycles. The Balaban J connectivity index is 1.17. The lowest BCUT2D eigenvalue weighted by molar-refractivity contribution is 0.195. The number of nitrogens with zero attached hydrogens (tertiary/aromatic N) is 2. The Morgan fingerprint density at radius 2 is 1.12 bits per heavy atom. The standard InChI is InChI=1S/C69H69BN2/c1-64(2,3)46-38-55-63-56(39-46)70-61-50(37-45-26-18-19-27-47(45)62(61)71(63)69(11)33-21-20-32-68(55,69)10)60-58(72(70)57-30-28-44(42-22-14-12-15-23-42)36-48(57)43-24-16-13-17-25-43)31-29-51-59(60)49-40-53-54(41-52(49)67(51,8)9)66(6,7)35-34-65(53,4)5/h12-19,22-31,36-41H,20-21,32-35H2,1-11H3. The summed E-state index contributed by atoms with van der Waals surface area (Å²) in [4.78, 5) is 5.82. The Kier molecular flexibility index (Phi) is 8.92. The SMILES string of the molecule is CC(C)(C)c1cc2c3c(c1)C1(C)CCCCC1(C)N3c1c3c(cc4ccccc14)-c1c(ccc4c1-c1cc5c(cc1C4(C)C)C(C)(C)CCC5(C)C)N(c1ccc(-c4ccccc4)cc1-c1ccccc1)B23. The van der Waals surface area contributed by atoms with Crippen LogP contribution in [0.2, 0.25) is 0 Å². The third-order valence-corrected chi connectivity index (χ3v) is 20.0. The highest BCUT2D eigenvalue weighted by molar-refractivity contribution is 6.94. The van der Waals surface area contributed by atoms with Crippen molar-refractivity contribution in [2.24, 2.45) is 0 Å². The first-order chi connectivity index (χ1) is 34.3. The summed E-state index contributed by atoms with van der Waals surface area (Å²) in [5, 5.41) is 2.69. The summed E-state index contributed by atoms with van der Waals surface area (Å²) in [7, 11) is 0. The molecule has 0 amide bonds. The maximum absolute atomic E-state index is 2.96. The second kappa shape index (κ2) is 14.5. The van der Waals surface area contributed by atoms with Gasteiger partial charge in [-0.15, -0.1) is 0 Å². The smallest absolute Gasteiger partial charge is 0.333 e. The summed E-state index contributed by atoms with van der Waals surface area (Å²) in [6.07, 6.45) is 7.26. The van der Waals surface area contributed by atoms with Gasteiger partial charge in [-0.25, -0.2) is 0 Å². The van der Waals surface area contributed by atoms with E-state index in [1.54, 1.807) is 11.1 Å². The van der Waals surface area contributed by atoms with E-state index < -0.39 is 0 Å². The van der Waals surface area contributed by atoms with Crippen molar-refractivity contribution in [1.82, 2.24) is 0 Å². The predicted octanol–water partition coefficient (Wildman–Crippen LogP) is 17.1. The van der Waals surface area contributed by atoms with Crippen molar-refractivity contribution < 1.29 is 0 Å². The minimum atomic E-state index is -0.188. The Labute approximate surface area is 429 Å². The van der Waals surface area contributed by atoms with E-state index in [1.165, 1.54) is 150 Å². The summed E-state index contributed by atoms with van der Waals surface area (Å²) in [5.74, 6) is 0. The highest BCUT2D eigenvalue weighted by Gasteiger charge is 2.63. The van der Waals surface area contributed by atoms with E-state index in [1.807, 2.05) is 0 Å². The van der Waals surface area contributed by atoms with Gasteiger partial charge in [0.05, 0.1) is 5.54 Å². The van der Waals surface area contributed by atoms with Gasteiger partial charge in [0.1, 0.15) is 0 Å². The summed E-state index contributed by atoms with van der Waals surface area (Å²) < 4.78 is 0. The molecule has 0 aromatic heterocycles. The van der Waals surface area contributed by atoms with Crippen molar-refractivity contribution in [2.75, 3.05) is 9.71 Å². The molecule has 0 bridgehead atoms. The zero-order valence-electron chi connectivity index (χ0n) is 44.6. The van der Waals surface area contributed by atoms with Crippen LogP contribution in [0.15, 0.2) is 146 Å². The first-order valence-corrected chi connectivity index (χ1v) is 27.3. The molecule has 358 valence electrons. The first-order valence-electron chi connectivity index (χ1n) is 27.3. The molecule has 2 unspecified atom stereocenters. The third-order valence-electron chi connectivity index (χ3n) is 20.0. The zero-order valence-corrected chi connectivity index (χ0v) is 44.6. The van der Waals surface area contributed by atoms with Crippen molar-refractivity contribution in [3.05, 3.63) is 179 Å². The molecule has 3 heteroatoms. The van der Waals surface area contributed by atoms with E-state index in [4.69, 9.17) is 0 Å². The number of hydrogen-bond acceptors (Lipinski definition) is 2. The second-order valence-electron chi connectivity index (χ2n) is 26.2. The fraction of sp³-hybridized carbons (Fsp3) is 0.333. The number of hydrogen-bond donors (Lipinski definition) is 0. The van der Waals surface area contributed by atoms with Gasteiger partial charge in [-0.3, -0.25) is 0 Å². The van der Waals surface area contributed by atoms with Crippen molar-refractivity contribution in [2.45, 2.75) is 147 Å². The average molecular weight is 937 g/mol. The van der Waals surface area contributed by atoms with E-state index in [0.717, 1.165) is 0 Å². The van der Waals surface area contributed by atoms with Crippen molar-refractivity contribution >= 4 is 51.3 Å². The molecule has 2 atom stereocenters. The number of rotatable bonds is 3. The van der Waals surface area contributed by atoms with Crippen LogP contribution in [0, 0.1) is 0 Å². The van der Waals surface area contributed by atoms with Crippen LogP contribution >= 0.6 is 0 Å². The second-order valence-corrected chi connectivity index (χ2v) is 26.2. The highest BCUT2D eigenvalue weighted by atomic mass is 15.3. The van der Waals surface area contributed by atoms with Crippen LogP contribution in [-0.2, 0) is 27.1 Å². The minimum absolute atomic E-state index is 0.0258. The molecule has 1 saturated carbocycles. The molecule has 0 spiro atoms. The molecular formula is C69H69BN2. The molecule has 0 saturated heterocycles. The van der Waals surface area contributed by atoms with Crippen LogP contribution in [0.4, 0.5) is 22.7 Å². The van der Waals surface area contributed by atoms with Gasteiger partial charge in [0.15, 0.2) is 0 Å². The van der Waals surface area contributed by atoms with Crippen LogP contribution in [0.25, 0.3) is 55.3 Å².